The first-order valence-corrected chi connectivity index (χ1v) is 12.2. The third-order valence-corrected chi connectivity index (χ3v) is 6.99. The maximum absolute atomic E-state index is 13.9. The normalized spacial score (nSPS) is 25.3. The molecule has 186 valence electrons. The number of likely N-dealkylation sites (tertiary alicyclic amines) is 1. The summed E-state index contributed by atoms with van der Waals surface area (Å²) in [5.41, 5.74) is 1.52. The minimum Gasteiger partial charge on any atom is -0.487 e. The number of urea groups is 1. The van der Waals surface area contributed by atoms with E-state index in [1.807, 2.05) is 11.0 Å². The first-order valence-electron chi connectivity index (χ1n) is 12.2. The van der Waals surface area contributed by atoms with Crippen LogP contribution >= 0.6 is 0 Å². The monoisotopic (exact) mass is 483 g/mol. The van der Waals surface area contributed by atoms with Crippen molar-refractivity contribution in [1.29, 1.82) is 0 Å². The Labute approximate surface area is 203 Å². The number of nitrogens with zero attached hydrogens (tertiary/aromatic N) is 1. The van der Waals surface area contributed by atoms with Crippen LogP contribution in [0.3, 0.4) is 0 Å². The number of ether oxygens (including phenoxy) is 2. The van der Waals surface area contributed by atoms with Crippen LogP contribution in [-0.4, -0.2) is 60.0 Å². The molecule has 5 rings (SSSR count). The molecule has 3 aliphatic heterocycles. The van der Waals surface area contributed by atoms with Gasteiger partial charge in [0.25, 0.3) is 0 Å². The summed E-state index contributed by atoms with van der Waals surface area (Å²) in [5.74, 6) is 0.163. The number of aliphatic hydroxyl groups excluding tert-OH is 1. The van der Waals surface area contributed by atoms with E-state index in [1.165, 1.54) is 12.1 Å². The minimum atomic E-state index is -0.560. The quantitative estimate of drug-likeness (QED) is 0.600. The number of anilines is 2. The zero-order chi connectivity index (χ0) is 24.4. The highest BCUT2D eigenvalue weighted by atomic mass is 19.1. The van der Waals surface area contributed by atoms with Crippen molar-refractivity contribution in [3.63, 3.8) is 0 Å². The minimum absolute atomic E-state index is 0.0774. The van der Waals surface area contributed by atoms with Crippen LogP contribution in [0, 0.1) is 5.82 Å². The third kappa shape index (κ3) is 5.11. The number of benzene rings is 2. The average Bonchev–Trinajstić information content (AvgIpc) is 3.23. The number of hydrogen-bond donors (Lipinski definition) is 3. The molecule has 3 aliphatic rings. The van der Waals surface area contributed by atoms with Crippen molar-refractivity contribution in [2.24, 2.45) is 0 Å². The lowest BCUT2D eigenvalue weighted by Crippen LogP contribution is -2.48. The Morgan fingerprint density at radius 2 is 1.89 bits per heavy atom. The van der Waals surface area contributed by atoms with Gasteiger partial charge in [0.2, 0.25) is 5.91 Å². The van der Waals surface area contributed by atoms with Gasteiger partial charge in [-0.2, -0.15) is 0 Å². The Bertz CT molecular complexity index is 1090. The summed E-state index contributed by atoms with van der Waals surface area (Å²) < 4.78 is 26.0. The first kappa shape index (κ1) is 23.6. The van der Waals surface area contributed by atoms with Crippen molar-refractivity contribution in [3.8, 4) is 5.75 Å². The zero-order valence-corrected chi connectivity index (χ0v) is 19.4. The van der Waals surface area contributed by atoms with Gasteiger partial charge in [0.1, 0.15) is 23.8 Å². The maximum Gasteiger partial charge on any atom is 0.323 e. The number of piperidine rings is 1. The van der Waals surface area contributed by atoms with Crippen molar-refractivity contribution in [2.45, 2.75) is 56.3 Å². The Hall–Kier alpha value is -3.17. The third-order valence-electron chi connectivity index (χ3n) is 6.99. The summed E-state index contributed by atoms with van der Waals surface area (Å²) in [6, 6.07) is 10.7. The number of nitrogens with one attached hydrogen (secondary N) is 2. The highest BCUT2D eigenvalue weighted by Crippen LogP contribution is 2.47. The van der Waals surface area contributed by atoms with E-state index >= 15 is 0 Å². The van der Waals surface area contributed by atoms with Crippen LogP contribution < -0.4 is 15.4 Å². The summed E-state index contributed by atoms with van der Waals surface area (Å²) in [5, 5.41) is 15.2. The number of rotatable bonds is 5. The Balaban J connectivity index is 1.28. The number of hydrogen-bond acceptors (Lipinski definition) is 5. The number of fused-ring (bicyclic) bond motifs is 3. The van der Waals surface area contributed by atoms with E-state index in [0.29, 0.717) is 17.9 Å². The van der Waals surface area contributed by atoms with Crippen molar-refractivity contribution >= 4 is 23.3 Å². The van der Waals surface area contributed by atoms with E-state index in [0.717, 1.165) is 37.9 Å². The van der Waals surface area contributed by atoms with Crippen LogP contribution in [0.15, 0.2) is 42.5 Å². The fourth-order valence-electron chi connectivity index (χ4n) is 5.28. The van der Waals surface area contributed by atoms with Crippen LogP contribution in [0.25, 0.3) is 0 Å². The SMILES string of the molecule is O=C(Nc1ccc2c(c1)[C@@H]1C[C@@H](CC(=O)N3CCCCC3)O[C@@H](CO)[C@@H]1O2)Nc1ccccc1F. The molecular formula is C26H30FN3O5. The van der Waals surface area contributed by atoms with Gasteiger partial charge in [-0.05, 0) is 56.0 Å². The molecule has 2 aromatic rings. The molecule has 0 aromatic heterocycles. The van der Waals surface area contributed by atoms with Crippen molar-refractivity contribution < 1.29 is 28.6 Å². The van der Waals surface area contributed by atoms with Gasteiger partial charge in [-0.25, -0.2) is 9.18 Å². The molecular weight excluding hydrogens is 453 g/mol. The fraction of sp³-hybridized carbons (Fsp3) is 0.462. The molecule has 8 nitrogen and oxygen atoms in total. The molecule has 0 aliphatic carbocycles. The number of carbonyl (C=O) groups is 2. The number of carbonyl (C=O) groups excluding carboxylic acids is 2. The van der Waals surface area contributed by atoms with Gasteiger partial charge >= 0.3 is 6.03 Å². The topological polar surface area (TPSA) is 100 Å². The molecule has 0 saturated carbocycles. The van der Waals surface area contributed by atoms with Gasteiger partial charge in [0, 0.05) is 30.3 Å². The summed E-state index contributed by atoms with van der Waals surface area (Å²) in [6.07, 6.45) is 2.85. The fourth-order valence-corrected chi connectivity index (χ4v) is 5.28. The number of para-hydroxylation sites is 1. The lowest BCUT2D eigenvalue weighted by molar-refractivity contribution is -0.149. The molecule has 0 spiro atoms. The van der Waals surface area contributed by atoms with Crippen LogP contribution in [-0.2, 0) is 9.53 Å². The first-order chi connectivity index (χ1) is 17.0. The van der Waals surface area contributed by atoms with Crippen molar-refractivity contribution in [2.75, 3.05) is 30.3 Å². The van der Waals surface area contributed by atoms with Gasteiger partial charge in [-0.1, -0.05) is 12.1 Å². The summed E-state index contributed by atoms with van der Waals surface area (Å²) in [7, 11) is 0. The second kappa shape index (κ2) is 10.2. The molecule has 0 unspecified atom stereocenters. The van der Waals surface area contributed by atoms with Crippen molar-refractivity contribution in [1.82, 2.24) is 4.90 Å². The Morgan fingerprint density at radius 1 is 1.09 bits per heavy atom. The highest BCUT2D eigenvalue weighted by Gasteiger charge is 2.46. The van der Waals surface area contributed by atoms with Gasteiger partial charge in [-0.15, -0.1) is 0 Å². The van der Waals surface area contributed by atoms with Crippen LogP contribution in [0.5, 0.6) is 5.75 Å². The second-order valence-electron chi connectivity index (χ2n) is 9.36. The predicted octanol–water partition coefficient (Wildman–Crippen LogP) is 3.87. The molecule has 0 bridgehead atoms. The largest absolute Gasteiger partial charge is 0.487 e. The molecule has 3 heterocycles. The number of aliphatic hydroxyl groups is 1. The number of amides is 3. The zero-order valence-electron chi connectivity index (χ0n) is 19.4. The standard InChI is InChI=1S/C26H30FN3O5/c27-20-6-2-3-7-21(20)29-26(33)28-16-8-9-22-18(12-16)19-13-17(34-23(15-31)25(19)35-22)14-24(32)30-10-4-1-5-11-30/h2-3,6-9,12,17,19,23,25,31H,1,4-5,10-11,13-15H2,(H2,28,29,33)/t17-,19-,23-,25+/m0/s1. The summed E-state index contributed by atoms with van der Waals surface area (Å²) >= 11 is 0. The smallest absolute Gasteiger partial charge is 0.323 e. The molecule has 2 aromatic carbocycles. The molecule has 0 radical (unpaired) electrons. The van der Waals surface area contributed by atoms with Gasteiger partial charge < -0.3 is 30.1 Å². The van der Waals surface area contributed by atoms with Crippen molar-refractivity contribution in [3.05, 3.63) is 53.8 Å². The predicted molar refractivity (Wildman–Crippen MR) is 128 cm³/mol. The maximum atomic E-state index is 13.9. The lowest BCUT2D eigenvalue weighted by Gasteiger charge is -2.38. The lowest BCUT2D eigenvalue weighted by atomic mass is 9.84. The molecule has 35 heavy (non-hydrogen) atoms. The van der Waals surface area contributed by atoms with Gasteiger partial charge in [0.15, 0.2) is 0 Å². The van der Waals surface area contributed by atoms with E-state index in [2.05, 4.69) is 10.6 Å². The van der Waals surface area contributed by atoms with Crippen LogP contribution in [0.2, 0.25) is 0 Å². The van der Waals surface area contributed by atoms with E-state index in [-0.39, 0.29) is 42.7 Å². The van der Waals surface area contributed by atoms with Crippen LogP contribution in [0.1, 0.15) is 43.6 Å². The molecule has 4 atom stereocenters. The molecule has 2 saturated heterocycles. The molecule has 2 fully saturated rings. The molecule has 9 heteroatoms. The Kier molecular flexibility index (Phi) is 6.88. The van der Waals surface area contributed by atoms with Crippen LogP contribution in [0.4, 0.5) is 20.6 Å². The highest BCUT2D eigenvalue weighted by molar-refractivity contribution is 5.99. The van der Waals surface area contributed by atoms with E-state index in [9.17, 15) is 19.1 Å². The second-order valence-corrected chi connectivity index (χ2v) is 9.36. The number of halogens is 1. The molecule has 3 amide bonds. The summed E-state index contributed by atoms with van der Waals surface area (Å²) in [4.78, 5) is 27.1. The Morgan fingerprint density at radius 3 is 2.66 bits per heavy atom. The summed E-state index contributed by atoms with van der Waals surface area (Å²) in [6.45, 7) is 1.37. The average molecular weight is 484 g/mol. The van der Waals surface area contributed by atoms with E-state index < -0.39 is 18.0 Å². The van der Waals surface area contributed by atoms with E-state index in [4.69, 9.17) is 9.47 Å². The van der Waals surface area contributed by atoms with E-state index in [1.54, 1.807) is 24.3 Å². The molecule has 3 N–H and O–H groups in total. The van der Waals surface area contributed by atoms with Gasteiger partial charge in [-0.3, -0.25) is 4.79 Å². The van der Waals surface area contributed by atoms with Gasteiger partial charge in [0.05, 0.1) is 24.8 Å².